The summed E-state index contributed by atoms with van der Waals surface area (Å²) < 4.78 is 28.2. The van der Waals surface area contributed by atoms with Crippen LogP contribution in [0.5, 0.6) is 0 Å². The van der Waals surface area contributed by atoms with E-state index in [2.05, 4.69) is 11.9 Å². The minimum Gasteiger partial charge on any atom is -0.395 e. The molecule has 0 unspecified atom stereocenters. The molecule has 0 saturated heterocycles. The summed E-state index contributed by atoms with van der Waals surface area (Å²) in [5.74, 6) is -1.01. The molecule has 18 heavy (non-hydrogen) atoms. The largest absolute Gasteiger partial charge is 0.395 e. The molecule has 1 aromatic heterocycles. The fraction of sp³-hybridized carbons (Fsp3) is 0.462. The topological polar surface area (TPSA) is 38.0 Å². The van der Waals surface area contributed by atoms with Crippen molar-refractivity contribution in [2.45, 2.75) is 32.7 Å². The zero-order valence-electron chi connectivity index (χ0n) is 10.3. The van der Waals surface area contributed by atoms with Gasteiger partial charge in [0.25, 0.3) is 0 Å². The van der Waals surface area contributed by atoms with Crippen molar-refractivity contribution < 1.29 is 13.9 Å². The van der Waals surface area contributed by atoms with Gasteiger partial charge in [-0.05, 0) is 6.42 Å². The van der Waals surface area contributed by atoms with Gasteiger partial charge in [-0.25, -0.2) is 13.8 Å². The minimum absolute atomic E-state index is 0.0520. The summed E-state index contributed by atoms with van der Waals surface area (Å²) in [5, 5.41) is 9.05. The SMILES string of the molecule is CCCCc1nc2cc(F)c(F)cc2n1CCO. The predicted octanol–water partition coefficient (Wildman–Crippen LogP) is 2.65. The van der Waals surface area contributed by atoms with Crippen molar-refractivity contribution in [2.75, 3.05) is 6.61 Å². The summed E-state index contributed by atoms with van der Waals surface area (Å²) in [5.41, 5.74) is 0.975. The van der Waals surface area contributed by atoms with E-state index in [1.807, 2.05) is 0 Å². The number of imidazole rings is 1. The van der Waals surface area contributed by atoms with Crippen molar-refractivity contribution in [3.63, 3.8) is 0 Å². The molecule has 1 aromatic carbocycles. The summed E-state index contributed by atoms with van der Waals surface area (Å²) in [6.45, 7) is 2.36. The van der Waals surface area contributed by atoms with Gasteiger partial charge in [0.1, 0.15) is 5.82 Å². The van der Waals surface area contributed by atoms with Crippen LogP contribution in [0.25, 0.3) is 11.0 Å². The molecule has 0 aliphatic carbocycles. The molecule has 0 amide bonds. The first-order valence-corrected chi connectivity index (χ1v) is 6.12. The lowest BCUT2D eigenvalue weighted by atomic mass is 10.2. The molecule has 5 heteroatoms. The number of unbranched alkanes of at least 4 members (excludes halogenated alkanes) is 1. The summed E-state index contributed by atoms with van der Waals surface area (Å²) in [7, 11) is 0. The van der Waals surface area contributed by atoms with Crippen LogP contribution in [0, 0.1) is 11.6 Å². The smallest absolute Gasteiger partial charge is 0.161 e. The number of halogens is 2. The number of aromatic nitrogens is 2. The van der Waals surface area contributed by atoms with E-state index in [1.54, 1.807) is 4.57 Å². The molecule has 1 N–H and O–H groups in total. The molecule has 0 aliphatic rings. The Hall–Kier alpha value is -1.49. The molecule has 0 atom stereocenters. The average molecular weight is 254 g/mol. The lowest BCUT2D eigenvalue weighted by molar-refractivity contribution is 0.276. The van der Waals surface area contributed by atoms with Crippen molar-refractivity contribution in [3.05, 3.63) is 29.6 Å². The Morgan fingerprint density at radius 3 is 2.67 bits per heavy atom. The first-order valence-electron chi connectivity index (χ1n) is 6.12. The molecule has 0 aliphatic heterocycles. The van der Waals surface area contributed by atoms with Gasteiger partial charge in [-0.1, -0.05) is 13.3 Å². The quantitative estimate of drug-likeness (QED) is 0.890. The third kappa shape index (κ3) is 2.36. The second-order valence-corrected chi connectivity index (χ2v) is 4.26. The van der Waals surface area contributed by atoms with Crippen LogP contribution in [0.15, 0.2) is 12.1 Å². The van der Waals surface area contributed by atoms with Gasteiger partial charge in [-0.2, -0.15) is 0 Å². The fourth-order valence-corrected chi connectivity index (χ4v) is 2.05. The van der Waals surface area contributed by atoms with E-state index >= 15 is 0 Å². The molecule has 0 radical (unpaired) electrons. The zero-order valence-corrected chi connectivity index (χ0v) is 10.3. The summed E-state index contributed by atoms with van der Waals surface area (Å²) in [4.78, 5) is 4.32. The number of rotatable bonds is 5. The van der Waals surface area contributed by atoms with Crippen molar-refractivity contribution >= 4 is 11.0 Å². The molecule has 0 saturated carbocycles. The molecule has 0 bridgehead atoms. The van der Waals surface area contributed by atoms with Gasteiger partial charge in [-0.15, -0.1) is 0 Å². The number of fused-ring (bicyclic) bond motifs is 1. The highest BCUT2D eigenvalue weighted by molar-refractivity contribution is 5.76. The lowest BCUT2D eigenvalue weighted by Gasteiger charge is -2.06. The number of aliphatic hydroxyl groups excluding tert-OH is 1. The van der Waals surface area contributed by atoms with Crippen LogP contribution < -0.4 is 0 Å². The maximum Gasteiger partial charge on any atom is 0.161 e. The van der Waals surface area contributed by atoms with Gasteiger partial charge in [0, 0.05) is 25.1 Å². The van der Waals surface area contributed by atoms with E-state index in [4.69, 9.17) is 5.11 Å². The zero-order chi connectivity index (χ0) is 13.1. The predicted molar refractivity (Wildman–Crippen MR) is 65.3 cm³/mol. The second-order valence-electron chi connectivity index (χ2n) is 4.26. The van der Waals surface area contributed by atoms with Gasteiger partial charge in [-0.3, -0.25) is 0 Å². The second kappa shape index (κ2) is 5.44. The Morgan fingerprint density at radius 1 is 1.28 bits per heavy atom. The van der Waals surface area contributed by atoms with Crippen molar-refractivity contribution in [2.24, 2.45) is 0 Å². The van der Waals surface area contributed by atoms with E-state index < -0.39 is 11.6 Å². The number of benzene rings is 1. The number of hydrogen-bond donors (Lipinski definition) is 1. The highest BCUT2D eigenvalue weighted by atomic mass is 19.2. The minimum atomic E-state index is -0.891. The Labute approximate surface area is 104 Å². The maximum atomic E-state index is 13.3. The van der Waals surface area contributed by atoms with Gasteiger partial charge >= 0.3 is 0 Å². The van der Waals surface area contributed by atoms with Crippen LogP contribution in [-0.2, 0) is 13.0 Å². The first kappa shape index (κ1) is 13.0. The third-order valence-electron chi connectivity index (χ3n) is 2.95. The summed E-state index contributed by atoms with van der Waals surface area (Å²) in [6, 6.07) is 2.25. The maximum absolute atomic E-state index is 13.3. The molecule has 0 fully saturated rings. The van der Waals surface area contributed by atoms with E-state index in [0.29, 0.717) is 17.6 Å². The highest BCUT2D eigenvalue weighted by Crippen LogP contribution is 2.21. The Bertz CT molecular complexity index is 551. The van der Waals surface area contributed by atoms with Gasteiger partial charge < -0.3 is 9.67 Å². The Balaban J connectivity index is 2.52. The van der Waals surface area contributed by atoms with Gasteiger partial charge in [0.2, 0.25) is 0 Å². The standard InChI is InChI=1S/C13H16F2N2O/c1-2-3-4-13-16-11-7-9(14)10(15)8-12(11)17(13)5-6-18/h7-8,18H,2-6H2,1H3. The molecule has 0 spiro atoms. The summed E-state index contributed by atoms with van der Waals surface area (Å²) >= 11 is 0. The molecule has 1 heterocycles. The van der Waals surface area contributed by atoms with Crippen molar-refractivity contribution in [1.29, 1.82) is 0 Å². The number of nitrogens with zero attached hydrogens (tertiary/aromatic N) is 2. The molecule has 98 valence electrons. The van der Waals surface area contributed by atoms with E-state index in [-0.39, 0.29) is 6.61 Å². The summed E-state index contributed by atoms with van der Waals surface area (Å²) in [6.07, 6.45) is 2.72. The Morgan fingerprint density at radius 2 is 2.00 bits per heavy atom. The fourth-order valence-electron chi connectivity index (χ4n) is 2.05. The van der Waals surface area contributed by atoms with E-state index in [1.165, 1.54) is 0 Å². The van der Waals surface area contributed by atoms with Crippen LogP contribution in [-0.4, -0.2) is 21.3 Å². The lowest BCUT2D eigenvalue weighted by Crippen LogP contribution is -2.07. The van der Waals surface area contributed by atoms with Crippen LogP contribution in [0.4, 0.5) is 8.78 Å². The van der Waals surface area contributed by atoms with E-state index in [9.17, 15) is 8.78 Å². The monoisotopic (exact) mass is 254 g/mol. The third-order valence-corrected chi connectivity index (χ3v) is 2.95. The molecule has 3 nitrogen and oxygen atoms in total. The number of aliphatic hydroxyl groups is 1. The Kier molecular flexibility index (Phi) is 3.91. The van der Waals surface area contributed by atoms with Crippen LogP contribution in [0.3, 0.4) is 0 Å². The molecule has 2 rings (SSSR count). The average Bonchev–Trinajstić information content (AvgIpc) is 2.66. The normalized spacial score (nSPS) is 11.3. The van der Waals surface area contributed by atoms with Crippen molar-refractivity contribution in [3.8, 4) is 0 Å². The van der Waals surface area contributed by atoms with Crippen LogP contribution in [0.1, 0.15) is 25.6 Å². The van der Waals surface area contributed by atoms with Crippen molar-refractivity contribution in [1.82, 2.24) is 9.55 Å². The molecule has 2 aromatic rings. The van der Waals surface area contributed by atoms with E-state index in [0.717, 1.165) is 37.2 Å². The number of aryl methyl sites for hydroxylation is 1. The van der Waals surface area contributed by atoms with Gasteiger partial charge in [0.05, 0.1) is 17.6 Å². The van der Waals surface area contributed by atoms with Crippen LogP contribution in [0.2, 0.25) is 0 Å². The molecular weight excluding hydrogens is 238 g/mol. The number of hydrogen-bond acceptors (Lipinski definition) is 2. The van der Waals surface area contributed by atoms with Crippen LogP contribution >= 0.6 is 0 Å². The van der Waals surface area contributed by atoms with Gasteiger partial charge in [0.15, 0.2) is 11.6 Å². The molecular formula is C13H16F2N2O. The first-order chi connectivity index (χ1) is 8.67. The highest BCUT2D eigenvalue weighted by Gasteiger charge is 2.13.